The van der Waals surface area contributed by atoms with E-state index in [0.29, 0.717) is 45.5 Å². The molecule has 5 atom stereocenters. The fourth-order valence-electron chi connectivity index (χ4n) is 3.39. The van der Waals surface area contributed by atoms with Gasteiger partial charge in [0.15, 0.2) is 6.29 Å². The highest BCUT2D eigenvalue weighted by Gasteiger charge is 2.47. The van der Waals surface area contributed by atoms with Crippen LogP contribution in [0.2, 0.25) is 0 Å². The summed E-state index contributed by atoms with van der Waals surface area (Å²) < 4.78 is 28.2. The lowest BCUT2D eigenvalue weighted by Crippen LogP contribution is -2.65. The molecule has 0 aromatic carbocycles. The lowest BCUT2D eigenvalue weighted by atomic mass is 9.94. The monoisotopic (exact) mass is 419 g/mol. The second-order valence-electron chi connectivity index (χ2n) is 7.06. The molecule has 0 radical (unpaired) electrons. The maximum Gasteiger partial charge on any atom is 0.217 e. The fourth-order valence-corrected chi connectivity index (χ4v) is 3.39. The number of Topliss-reactive ketones (excluding diaryl/α,β-unsaturated/α-hetero) is 1. The molecule has 9 nitrogen and oxygen atoms in total. The van der Waals surface area contributed by atoms with Crippen molar-refractivity contribution >= 4 is 11.7 Å². The molecular formula is C20H37NO8. The van der Waals surface area contributed by atoms with Crippen molar-refractivity contribution in [3.63, 3.8) is 0 Å². The number of ether oxygens (including phenoxy) is 5. The first-order valence-electron chi connectivity index (χ1n) is 10.3. The van der Waals surface area contributed by atoms with Crippen molar-refractivity contribution in [2.75, 3.05) is 40.6 Å². The van der Waals surface area contributed by atoms with Crippen LogP contribution in [0, 0.1) is 0 Å². The quantitative estimate of drug-likeness (QED) is 0.375. The number of ketones is 1. The average molecular weight is 420 g/mol. The van der Waals surface area contributed by atoms with E-state index in [4.69, 9.17) is 23.7 Å². The molecule has 1 aliphatic heterocycles. The highest BCUT2D eigenvalue weighted by molar-refractivity contribution is 5.78. The first-order chi connectivity index (χ1) is 14.0. The van der Waals surface area contributed by atoms with Crippen LogP contribution in [0.5, 0.6) is 0 Å². The summed E-state index contributed by atoms with van der Waals surface area (Å²) in [5.74, 6) is -0.119. The van der Waals surface area contributed by atoms with Gasteiger partial charge < -0.3 is 34.1 Å². The normalized spacial score (nSPS) is 27.0. The van der Waals surface area contributed by atoms with E-state index in [9.17, 15) is 14.7 Å². The van der Waals surface area contributed by atoms with E-state index in [1.165, 1.54) is 21.1 Å². The lowest BCUT2D eigenvalue weighted by molar-refractivity contribution is -0.274. The van der Waals surface area contributed by atoms with Crippen LogP contribution in [0.3, 0.4) is 0 Å². The van der Waals surface area contributed by atoms with Crippen molar-refractivity contribution in [1.82, 2.24) is 5.32 Å². The van der Waals surface area contributed by atoms with Crippen LogP contribution in [0.15, 0.2) is 0 Å². The van der Waals surface area contributed by atoms with Gasteiger partial charge in [-0.1, -0.05) is 6.92 Å². The van der Waals surface area contributed by atoms with Crippen molar-refractivity contribution < 1.29 is 38.4 Å². The smallest absolute Gasteiger partial charge is 0.217 e. The third-order valence-corrected chi connectivity index (χ3v) is 4.73. The molecule has 0 aromatic rings. The molecule has 0 aromatic heterocycles. The second-order valence-corrected chi connectivity index (χ2v) is 7.06. The zero-order valence-corrected chi connectivity index (χ0v) is 18.1. The summed E-state index contributed by atoms with van der Waals surface area (Å²) in [6.45, 7) is 4.76. The Balaban J connectivity index is 2.60. The summed E-state index contributed by atoms with van der Waals surface area (Å²) in [5, 5.41) is 12.1. The molecule has 0 saturated carbocycles. The summed E-state index contributed by atoms with van der Waals surface area (Å²) in [7, 11) is 3.06. The minimum Gasteiger partial charge on any atom is -0.396 e. The minimum absolute atomic E-state index is 0.0763. The lowest BCUT2D eigenvalue weighted by Gasteiger charge is -2.45. The van der Waals surface area contributed by atoms with Gasteiger partial charge in [-0.15, -0.1) is 0 Å². The molecule has 0 aliphatic carbocycles. The van der Waals surface area contributed by atoms with Crippen molar-refractivity contribution in [2.45, 2.75) is 76.6 Å². The van der Waals surface area contributed by atoms with Crippen LogP contribution in [0.4, 0.5) is 0 Å². The van der Waals surface area contributed by atoms with E-state index in [1.807, 2.05) is 6.92 Å². The second kappa shape index (κ2) is 14.8. The average Bonchev–Trinajstić information content (AvgIpc) is 2.69. The number of amides is 1. The number of nitrogens with one attached hydrogen (secondary N) is 1. The summed E-state index contributed by atoms with van der Waals surface area (Å²) in [4.78, 5) is 23.6. The fraction of sp³-hybridized carbons (Fsp3) is 0.900. The molecule has 170 valence electrons. The van der Waals surface area contributed by atoms with Gasteiger partial charge in [-0.2, -0.15) is 0 Å². The van der Waals surface area contributed by atoms with Gasteiger partial charge in [-0.05, 0) is 19.3 Å². The predicted molar refractivity (Wildman–Crippen MR) is 105 cm³/mol. The zero-order chi connectivity index (χ0) is 21.6. The Kier molecular flexibility index (Phi) is 13.2. The summed E-state index contributed by atoms with van der Waals surface area (Å²) >= 11 is 0. The molecule has 1 heterocycles. The van der Waals surface area contributed by atoms with Gasteiger partial charge in [0.05, 0.1) is 19.3 Å². The Bertz CT molecular complexity index is 475. The van der Waals surface area contributed by atoms with Crippen LogP contribution in [-0.4, -0.2) is 88.1 Å². The van der Waals surface area contributed by atoms with E-state index < -0.39 is 30.6 Å². The molecule has 5 unspecified atom stereocenters. The minimum atomic E-state index is -0.769. The van der Waals surface area contributed by atoms with Crippen LogP contribution in [-0.2, 0) is 33.3 Å². The number of rotatable bonds is 15. The molecule has 1 aliphatic rings. The topological polar surface area (TPSA) is 113 Å². The Labute approximate surface area is 173 Å². The number of aliphatic hydroxyl groups is 1. The Morgan fingerprint density at radius 2 is 1.79 bits per heavy atom. The van der Waals surface area contributed by atoms with Gasteiger partial charge in [-0.25, -0.2) is 0 Å². The van der Waals surface area contributed by atoms with Gasteiger partial charge in [0, 0.05) is 47.2 Å². The molecule has 0 spiro atoms. The predicted octanol–water partition coefficient (Wildman–Crippen LogP) is 0.811. The van der Waals surface area contributed by atoms with Crippen LogP contribution in [0.25, 0.3) is 0 Å². The van der Waals surface area contributed by atoms with Crippen molar-refractivity contribution in [3.05, 3.63) is 0 Å². The first kappa shape index (κ1) is 25.9. The van der Waals surface area contributed by atoms with Gasteiger partial charge in [0.1, 0.15) is 24.0 Å². The number of methoxy groups -OCH3 is 2. The molecule has 29 heavy (non-hydrogen) atoms. The molecule has 1 amide bonds. The SMILES string of the molecule is CCCOCCC(=O)CCCOC1OC(CCO)C(OC)C(OC)C1NC(C)=O. The third-order valence-electron chi connectivity index (χ3n) is 4.73. The molecule has 1 fully saturated rings. The summed E-state index contributed by atoms with van der Waals surface area (Å²) in [5.41, 5.74) is 0. The van der Waals surface area contributed by atoms with E-state index >= 15 is 0 Å². The molecular weight excluding hydrogens is 382 g/mol. The third kappa shape index (κ3) is 9.06. The van der Waals surface area contributed by atoms with Crippen molar-refractivity contribution in [3.8, 4) is 0 Å². The summed E-state index contributed by atoms with van der Waals surface area (Å²) in [6.07, 6.45) is 0.427. The first-order valence-corrected chi connectivity index (χ1v) is 10.3. The number of carbonyl (C=O) groups is 2. The number of carbonyl (C=O) groups excluding carboxylic acids is 2. The van der Waals surface area contributed by atoms with E-state index in [2.05, 4.69) is 5.32 Å². The van der Waals surface area contributed by atoms with E-state index in [1.54, 1.807) is 0 Å². The van der Waals surface area contributed by atoms with Gasteiger partial charge >= 0.3 is 0 Å². The Morgan fingerprint density at radius 1 is 1.07 bits per heavy atom. The van der Waals surface area contributed by atoms with E-state index in [0.717, 1.165) is 6.42 Å². The Hall–Kier alpha value is -1.10. The van der Waals surface area contributed by atoms with Gasteiger partial charge in [0.2, 0.25) is 5.91 Å². The van der Waals surface area contributed by atoms with Crippen molar-refractivity contribution in [2.24, 2.45) is 0 Å². The maximum atomic E-state index is 11.9. The van der Waals surface area contributed by atoms with E-state index in [-0.39, 0.29) is 18.3 Å². The largest absolute Gasteiger partial charge is 0.396 e. The van der Waals surface area contributed by atoms with Gasteiger partial charge in [-0.3, -0.25) is 9.59 Å². The highest BCUT2D eigenvalue weighted by Crippen LogP contribution is 2.28. The van der Waals surface area contributed by atoms with Crippen LogP contribution >= 0.6 is 0 Å². The molecule has 9 heteroatoms. The Morgan fingerprint density at radius 3 is 2.38 bits per heavy atom. The standard InChI is InChI=1S/C20H37NO8/c1-5-11-27-13-9-15(24)7-6-12-28-20-17(21-14(2)23)19(26-4)18(25-3)16(29-20)8-10-22/h16-20,22H,5-13H2,1-4H3,(H,21,23). The molecule has 1 rings (SSSR count). The highest BCUT2D eigenvalue weighted by atomic mass is 16.7. The number of aliphatic hydroxyl groups excluding tert-OH is 1. The molecule has 1 saturated heterocycles. The zero-order valence-electron chi connectivity index (χ0n) is 18.1. The van der Waals surface area contributed by atoms with Gasteiger partial charge in [0.25, 0.3) is 0 Å². The van der Waals surface area contributed by atoms with Crippen LogP contribution in [0.1, 0.15) is 46.0 Å². The van der Waals surface area contributed by atoms with Crippen molar-refractivity contribution in [1.29, 1.82) is 0 Å². The molecule has 0 bridgehead atoms. The van der Waals surface area contributed by atoms with Crippen LogP contribution < -0.4 is 5.32 Å². The number of hydrogen-bond acceptors (Lipinski definition) is 8. The number of hydrogen-bond donors (Lipinski definition) is 2. The maximum absolute atomic E-state index is 11.9. The molecule has 2 N–H and O–H groups in total. The summed E-state index contributed by atoms with van der Waals surface area (Å²) in [6, 6.07) is -0.574.